The Morgan fingerprint density at radius 1 is 1.50 bits per heavy atom. The molecule has 1 saturated heterocycles. The number of likely N-dealkylation sites (tertiary alicyclic amines) is 1. The summed E-state index contributed by atoms with van der Waals surface area (Å²) in [7, 11) is -1.17. The predicted molar refractivity (Wildman–Crippen MR) is 63.7 cm³/mol. The van der Waals surface area contributed by atoms with Crippen molar-refractivity contribution in [3.8, 4) is 0 Å². The third-order valence-corrected chi connectivity index (χ3v) is 4.50. The van der Waals surface area contributed by atoms with Crippen molar-refractivity contribution >= 4 is 10.0 Å². The summed E-state index contributed by atoms with van der Waals surface area (Å²) < 4.78 is 26.0. The van der Waals surface area contributed by atoms with Crippen LogP contribution in [0.4, 0.5) is 0 Å². The standard InChI is InChI=1S/C10H22N2O3S/c1-9-8-12(2)5-4-10(9)11-16(14,15)7-3-6-13/h9-11,13H,3-8H2,1-2H3. The van der Waals surface area contributed by atoms with Gasteiger partial charge in [0.05, 0.1) is 5.75 Å². The van der Waals surface area contributed by atoms with Crippen molar-refractivity contribution in [2.45, 2.75) is 25.8 Å². The molecular formula is C10H22N2O3S. The first kappa shape index (κ1) is 13.9. The molecule has 0 radical (unpaired) electrons. The van der Waals surface area contributed by atoms with Gasteiger partial charge in [-0.25, -0.2) is 13.1 Å². The molecule has 2 N–H and O–H groups in total. The molecule has 0 amide bonds. The zero-order valence-electron chi connectivity index (χ0n) is 10.0. The first-order chi connectivity index (χ1) is 7.44. The van der Waals surface area contributed by atoms with Crippen molar-refractivity contribution in [2.24, 2.45) is 5.92 Å². The van der Waals surface area contributed by atoms with Crippen LogP contribution in [0.15, 0.2) is 0 Å². The fourth-order valence-corrected chi connectivity index (χ4v) is 3.51. The number of hydrogen-bond acceptors (Lipinski definition) is 4. The second-order valence-electron chi connectivity index (χ2n) is 4.65. The zero-order valence-corrected chi connectivity index (χ0v) is 10.8. The number of hydrogen-bond donors (Lipinski definition) is 2. The van der Waals surface area contributed by atoms with Crippen LogP contribution in [-0.4, -0.2) is 57.0 Å². The minimum absolute atomic E-state index is 0.0164. The molecule has 0 aromatic carbocycles. The summed E-state index contributed by atoms with van der Waals surface area (Å²) in [5, 5.41) is 8.62. The van der Waals surface area contributed by atoms with Crippen LogP contribution in [0.5, 0.6) is 0 Å². The summed E-state index contributed by atoms with van der Waals surface area (Å²) in [5.41, 5.74) is 0. The lowest BCUT2D eigenvalue weighted by atomic mass is 9.95. The van der Waals surface area contributed by atoms with E-state index >= 15 is 0 Å². The van der Waals surface area contributed by atoms with Crippen molar-refractivity contribution in [2.75, 3.05) is 32.5 Å². The van der Waals surface area contributed by atoms with Gasteiger partial charge in [-0.1, -0.05) is 6.92 Å². The van der Waals surface area contributed by atoms with Gasteiger partial charge in [0, 0.05) is 19.2 Å². The maximum Gasteiger partial charge on any atom is 0.211 e. The van der Waals surface area contributed by atoms with Crippen LogP contribution in [0.2, 0.25) is 0 Å². The Balaban J connectivity index is 2.47. The molecule has 0 bridgehead atoms. The monoisotopic (exact) mass is 250 g/mol. The molecule has 0 aromatic rings. The molecule has 1 aliphatic heterocycles. The first-order valence-corrected chi connectivity index (χ1v) is 7.39. The van der Waals surface area contributed by atoms with E-state index in [9.17, 15) is 8.42 Å². The van der Waals surface area contributed by atoms with Crippen molar-refractivity contribution in [3.63, 3.8) is 0 Å². The van der Waals surface area contributed by atoms with Crippen molar-refractivity contribution in [1.29, 1.82) is 0 Å². The maximum absolute atomic E-state index is 11.6. The highest BCUT2D eigenvalue weighted by molar-refractivity contribution is 7.89. The lowest BCUT2D eigenvalue weighted by Gasteiger charge is -2.34. The average Bonchev–Trinajstić information content (AvgIpc) is 2.19. The summed E-state index contributed by atoms with van der Waals surface area (Å²) in [5.74, 6) is 0.352. The van der Waals surface area contributed by atoms with Crippen molar-refractivity contribution in [1.82, 2.24) is 9.62 Å². The molecule has 1 rings (SSSR count). The van der Waals surface area contributed by atoms with E-state index in [0.29, 0.717) is 12.3 Å². The van der Waals surface area contributed by atoms with E-state index in [1.807, 2.05) is 7.05 Å². The van der Waals surface area contributed by atoms with Gasteiger partial charge in [0.15, 0.2) is 0 Å². The number of piperidine rings is 1. The molecule has 16 heavy (non-hydrogen) atoms. The summed E-state index contributed by atoms with van der Waals surface area (Å²) in [6.45, 7) is 3.84. The minimum Gasteiger partial charge on any atom is -0.396 e. The molecule has 5 nitrogen and oxygen atoms in total. The van der Waals surface area contributed by atoms with Gasteiger partial charge in [0.1, 0.15) is 0 Å². The SMILES string of the molecule is CC1CN(C)CCC1NS(=O)(=O)CCCO. The Morgan fingerprint density at radius 2 is 2.19 bits per heavy atom. The fraction of sp³-hybridized carbons (Fsp3) is 1.00. The Morgan fingerprint density at radius 3 is 2.75 bits per heavy atom. The lowest BCUT2D eigenvalue weighted by molar-refractivity contribution is 0.188. The number of sulfonamides is 1. The minimum atomic E-state index is -3.22. The second kappa shape index (κ2) is 5.95. The van der Waals surface area contributed by atoms with Crippen LogP contribution in [0.25, 0.3) is 0 Å². The Labute approximate surface area is 97.9 Å². The Hall–Kier alpha value is -0.170. The predicted octanol–water partition coefficient (Wildman–Crippen LogP) is -0.372. The molecule has 0 aromatic heterocycles. The van der Waals surface area contributed by atoms with Gasteiger partial charge in [0.25, 0.3) is 0 Å². The molecule has 0 saturated carbocycles. The average molecular weight is 250 g/mol. The quantitative estimate of drug-likeness (QED) is 0.698. The lowest BCUT2D eigenvalue weighted by Crippen LogP contribution is -2.49. The smallest absolute Gasteiger partial charge is 0.211 e. The summed E-state index contributed by atoms with van der Waals surface area (Å²) in [6, 6.07) is 0.0416. The van der Waals surface area contributed by atoms with E-state index in [-0.39, 0.29) is 18.4 Å². The van der Waals surface area contributed by atoms with E-state index < -0.39 is 10.0 Å². The molecule has 1 aliphatic rings. The third kappa shape index (κ3) is 4.37. The van der Waals surface area contributed by atoms with Gasteiger partial charge < -0.3 is 10.0 Å². The topological polar surface area (TPSA) is 69.6 Å². The number of aliphatic hydroxyl groups is 1. The molecular weight excluding hydrogens is 228 g/mol. The Bertz CT molecular complexity index is 305. The number of aliphatic hydroxyl groups excluding tert-OH is 1. The van der Waals surface area contributed by atoms with Crippen LogP contribution < -0.4 is 4.72 Å². The highest BCUT2D eigenvalue weighted by Crippen LogP contribution is 2.16. The van der Waals surface area contributed by atoms with Crippen LogP contribution in [0.1, 0.15) is 19.8 Å². The Kier molecular flexibility index (Phi) is 5.17. The van der Waals surface area contributed by atoms with Crippen molar-refractivity contribution in [3.05, 3.63) is 0 Å². The molecule has 1 heterocycles. The van der Waals surface area contributed by atoms with Gasteiger partial charge in [0.2, 0.25) is 10.0 Å². The van der Waals surface area contributed by atoms with E-state index in [0.717, 1.165) is 19.5 Å². The highest BCUT2D eigenvalue weighted by atomic mass is 32.2. The van der Waals surface area contributed by atoms with Gasteiger partial charge in [-0.2, -0.15) is 0 Å². The molecule has 2 unspecified atom stereocenters. The van der Waals surface area contributed by atoms with Crippen LogP contribution in [0.3, 0.4) is 0 Å². The largest absolute Gasteiger partial charge is 0.396 e. The summed E-state index contributed by atoms with van der Waals surface area (Å²) in [6.07, 6.45) is 1.16. The summed E-state index contributed by atoms with van der Waals surface area (Å²) in [4.78, 5) is 2.21. The molecule has 6 heteroatoms. The molecule has 1 fully saturated rings. The molecule has 0 spiro atoms. The van der Waals surface area contributed by atoms with Gasteiger partial charge >= 0.3 is 0 Å². The van der Waals surface area contributed by atoms with E-state index in [1.165, 1.54) is 0 Å². The van der Waals surface area contributed by atoms with E-state index in [4.69, 9.17) is 5.11 Å². The first-order valence-electron chi connectivity index (χ1n) is 5.74. The maximum atomic E-state index is 11.6. The molecule has 96 valence electrons. The third-order valence-electron chi connectivity index (χ3n) is 3.01. The fourth-order valence-electron chi connectivity index (χ4n) is 2.07. The van der Waals surface area contributed by atoms with E-state index in [1.54, 1.807) is 0 Å². The van der Waals surface area contributed by atoms with Crippen LogP contribution in [-0.2, 0) is 10.0 Å². The number of nitrogens with one attached hydrogen (secondary N) is 1. The molecule has 2 atom stereocenters. The number of rotatable bonds is 5. The van der Waals surface area contributed by atoms with Crippen LogP contribution in [0, 0.1) is 5.92 Å². The molecule has 0 aliphatic carbocycles. The highest BCUT2D eigenvalue weighted by Gasteiger charge is 2.27. The van der Waals surface area contributed by atoms with Gasteiger partial charge in [-0.3, -0.25) is 0 Å². The normalized spacial score (nSPS) is 28.2. The van der Waals surface area contributed by atoms with E-state index in [2.05, 4.69) is 16.5 Å². The van der Waals surface area contributed by atoms with Crippen molar-refractivity contribution < 1.29 is 13.5 Å². The van der Waals surface area contributed by atoms with Gasteiger partial charge in [-0.05, 0) is 32.4 Å². The van der Waals surface area contributed by atoms with Gasteiger partial charge in [-0.15, -0.1) is 0 Å². The second-order valence-corrected chi connectivity index (χ2v) is 6.52. The zero-order chi connectivity index (χ0) is 12.2. The number of nitrogens with zero attached hydrogens (tertiary/aromatic N) is 1. The van der Waals surface area contributed by atoms with Crippen LogP contribution >= 0.6 is 0 Å². The summed E-state index contributed by atoms with van der Waals surface area (Å²) >= 11 is 0.